The second-order valence-electron chi connectivity index (χ2n) is 6.41. The van der Waals surface area contributed by atoms with E-state index in [4.69, 9.17) is 9.47 Å². The summed E-state index contributed by atoms with van der Waals surface area (Å²) in [6.45, 7) is 8.14. The highest BCUT2D eigenvalue weighted by molar-refractivity contribution is 5.89. The molecule has 0 aliphatic heterocycles. The van der Waals surface area contributed by atoms with E-state index in [0.717, 1.165) is 22.4 Å². The molecule has 2 rings (SSSR count). The lowest BCUT2D eigenvalue weighted by molar-refractivity contribution is 0.0143. The smallest absolute Gasteiger partial charge is 0.319 e. The molecule has 140 valence electrons. The fourth-order valence-corrected chi connectivity index (χ4v) is 2.43. The van der Waals surface area contributed by atoms with E-state index in [-0.39, 0.29) is 12.1 Å². The summed E-state index contributed by atoms with van der Waals surface area (Å²) >= 11 is 0. The minimum absolute atomic E-state index is 0.212. The molecule has 26 heavy (non-hydrogen) atoms. The Bertz CT molecular complexity index is 701. The third-order valence-corrected chi connectivity index (χ3v) is 3.83. The quantitative estimate of drug-likeness (QED) is 0.660. The van der Waals surface area contributed by atoms with E-state index in [9.17, 15) is 4.79 Å². The fraction of sp³-hybridized carbons (Fsp3) is 0.381. The van der Waals surface area contributed by atoms with Gasteiger partial charge in [0.1, 0.15) is 0 Å². The molecule has 2 aromatic rings. The van der Waals surface area contributed by atoms with Gasteiger partial charge >= 0.3 is 6.03 Å². The van der Waals surface area contributed by atoms with Gasteiger partial charge < -0.3 is 20.1 Å². The van der Waals surface area contributed by atoms with Crippen molar-refractivity contribution in [3.8, 4) is 0 Å². The first-order chi connectivity index (χ1) is 12.5. The van der Waals surface area contributed by atoms with Crippen LogP contribution in [-0.4, -0.2) is 25.3 Å². The molecule has 0 atom stereocenters. The maximum atomic E-state index is 12.1. The maximum Gasteiger partial charge on any atom is 0.319 e. The van der Waals surface area contributed by atoms with Crippen molar-refractivity contribution < 1.29 is 14.3 Å². The summed E-state index contributed by atoms with van der Waals surface area (Å²) in [5.41, 5.74) is 4.01. The molecule has 0 spiro atoms. The summed E-state index contributed by atoms with van der Waals surface area (Å²) < 4.78 is 11.0. The van der Waals surface area contributed by atoms with E-state index in [0.29, 0.717) is 26.4 Å². The fourth-order valence-electron chi connectivity index (χ4n) is 2.43. The van der Waals surface area contributed by atoms with Crippen LogP contribution < -0.4 is 10.6 Å². The highest BCUT2D eigenvalue weighted by Gasteiger charge is 2.04. The molecule has 0 saturated carbocycles. The Labute approximate surface area is 155 Å². The number of amides is 2. The van der Waals surface area contributed by atoms with Crippen LogP contribution in [0.1, 0.15) is 30.5 Å². The van der Waals surface area contributed by atoms with Gasteiger partial charge in [-0.25, -0.2) is 4.79 Å². The first-order valence-corrected chi connectivity index (χ1v) is 8.92. The zero-order valence-corrected chi connectivity index (χ0v) is 15.7. The number of aryl methyl sites for hydroxylation is 1. The minimum Gasteiger partial charge on any atom is -0.376 e. The summed E-state index contributed by atoms with van der Waals surface area (Å²) in [6.07, 6.45) is 0.212. The number of hydrogen-bond acceptors (Lipinski definition) is 3. The van der Waals surface area contributed by atoms with Crippen molar-refractivity contribution in [1.82, 2.24) is 5.32 Å². The summed E-state index contributed by atoms with van der Waals surface area (Å²) in [7, 11) is 0. The lowest BCUT2D eigenvalue weighted by Crippen LogP contribution is -2.28. The number of nitrogens with one attached hydrogen (secondary N) is 2. The van der Waals surface area contributed by atoms with Crippen molar-refractivity contribution in [2.75, 3.05) is 18.5 Å². The molecule has 2 aromatic carbocycles. The van der Waals surface area contributed by atoms with Crippen LogP contribution in [0.3, 0.4) is 0 Å². The van der Waals surface area contributed by atoms with Gasteiger partial charge in [0, 0.05) is 12.2 Å². The average molecular weight is 356 g/mol. The first-order valence-electron chi connectivity index (χ1n) is 8.92. The zero-order chi connectivity index (χ0) is 18.8. The van der Waals surface area contributed by atoms with Gasteiger partial charge in [-0.3, -0.25) is 0 Å². The van der Waals surface area contributed by atoms with Crippen LogP contribution in [0.25, 0.3) is 0 Å². The largest absolute Gasteiger partial charge is 0.376 e. The number of urea groups is 1. The molecular weight excluding hydrogens is 328 g/mol. The molecule has 0 aliphatic carbocycles. The van der Waals surface area contributed by atoms with E-state index >= 15 is 0 Å². The zero-order valence-electron chi connectivity index (χ0n) is 15.7. The Morgan fingerprint density at radius 1 is 1.08 bits per heavy atom. The van der Waals surface area contributed by atoms with Crippen LogP contribution in [-0.2, 0) is 22.6 Å². The topological polar surface area (TPSA) is 59.6 Å². The first kappa shape index (κ1) is 19.9. The number of ether oxygens (including phenoxy) is 2. The predicted octanol–water partition coefficient (Wildman–Crippen LogP) is 4.26. The highest BCUT2D eigenvalue weighted by Crippen LogP contribution is 2.12. The maximum absolute atomic E-state index is 12.1. The number of hydrogen-bond donors (Lipinski definition) is 2. The van der Waals surface area contributed by atoms with Crippen molar-refractivity contribution in [1.29, 1.82) is 0 Å². The Morgan fingerprint density at radius 3 is 2.65 bits per heavy atom. The van der Waals surface area contributed by atoms with E-state index < -0.39 is 0 Å². The van der Waals surface area contributed by atoms with Crippen LogP contribution >= 0.6 is 0 Å². The van der Waals surface area contributed by atoms with Gasteiger partial charge in [0.25, 0.3) is 0 Å². The number of anilines is 1. The van der Waals surface area contributed by atoms with Crippen LogP contribution in [0.2, 0.25) is 0 Å². The highest BCUT2D eigenvalue weighted by atomic mass is 16.5. The van der Waals surface area contributed by atoms with Crippen LogP contribution in [0.4, 0.5) is 10.5 Å². The lowest BCUT2D eigenvalue weighted by Gasteiger charge is -2.11. The molecule has 0 aromatic heterocycles. The molecule has 0 radical (unpaired) electrons. The Kier molecular flexibility index (Phi) is 8.12. The molecule has 0 bridgehead atoms. The Morgan fingerprint density at radius 2 is 1.88 bits per heavy atom. The molecule has 0 saturated heterocycles. The van der Waals surface area contributed by atoms with E-state index in [1.165, 1.54) is 0 Å². The van der Waals surface area contributed by atoms with E-state index in [1.54, 1.807) is 0 Å². The summed E-state index contributed by atoms with van der Waals surface area (Å²) in [5.74, 6) is 0. The number of carbonyl (C=O) groups is 1. The molecule has 2 amide bonds. The molecule has 2 N–H and O–H groups in total. The monoisotopic (exact) mass is 356 g/mol. The Hall–Kier alpha value is -2.37. The molecule has 5 heteroatoms. The van der Waals surface area contributed by atoms with Crippen LogP contribution in [0.5, 0.6) is 0 Å². The van der Waals surface area contributed by atoms with Gasteiger partial charge in [0.05, 0.1) is 25.9 Å². The minimum atomic E-state index is -0.225. The second kappa shape index (κ2) is 10.6. The lowest BCUT2D eigenvalue weighted by atomic mass is 10.1. The van der Waals surface area contributed by atoms with Gasteiger partial charge in [0.15, 0.2) is 0 Å². The second-order valence-corrected chi connectivity index (χ2v) is 6.41. The van der Waals surface area contributed by atoms with Crippen LogP contribution in [0, 0.1) is 6.92 Å². The van der Waals surface area contributed by atoms with Crippen molar-refractivity contribution in [3.05, 3.63) is 65.2 Å². The van der Waals surface area contributed by atoms with Crippen molar-refractivity contribution >= 4 is 11.7 Å². The third kappa shape index (κ3) is 7.25. The SMILES string of the molecule is Cc1ccccc1CNC(=O)Nc1cccc(COCCOC(C)C)c1. The van der Waals surface area contributed by atoms with Crippen molar-refractivity contribution in [3.63, 3.8) is 0 Å². The average Bonchev–Trinajstić information content (AvgIpc) is 2.61. The number of benzene rings is 2. The molecule has 0 aliphatic rings. The van der Waals surface area contributed by atoms with Gasteiger partial charge in [-0.15, -0.1) is 0 Å². The summed E-state index contributed by atoms with van der Waals surface area (Å²) in [5, 5.41) is 5.74. The Balaban J connectivity index is 1.76. The predicted molar refractivity (Wildman–Crippen MR) is 104 cm³/mol. The standard InChI is InChI=1S/C21H28N2O3/c1-16(2)26-12-11-25-15-18-8-6-10-20(13-18)23-21(24)22-14-19-9-5-4-7-17(19)3/h4-10,13,16H,11-12,14-15H2,1-3H3,(H2,22,23,24). The van der Waals surface area contributed by atoms with Gasteiger partial charge in [0.2, 0.25) is 0 Å². The molecule has 0 unspecified atom stereocenters. The van der Waals surface area contributed by atoms with Gasteiger partial charge in [-0.05, 0) is 49.6 Å². The van der Waals surface area contributed by atoms with E-state index in [1.807, 2.05) is 69.3 Å². The molecule has 5 nitrogen and oxygen atoms in total. The number of carbonyl (C=O) groups excluding carboxylic acids is 1. The molecule has 0 fully saturated rings. The summed E-state index contributed by atoms with van der Waals surface area (Å²) in [6, 6.07) is 15.4. The van der Waals surface area contributed by atoms with Crippen LogP contribution in [0.15, 0.2) is 48.5 Å². The third-order valence-electron chi connectivity index (χ3n) is 3.83. The van der Waals surface area contributed by atoms with Gasteiger partial charge in [-0.2, -0.15) is 0 Å². The normalized spacial score (nSPS) is 10.8. The van der Waals surface area contributed by atoms with Gasteiger partial charge in [-0.1, -0.05) is 36.4 Å². The van der Waals surface area contributed by atoms with E-state index in [2.05, 4.69) is 10.6 Å². The van der Waals surface area contributed by atoms with Crippen molar-refractivity contribution in [2.45, 2.75) is 40.0 Å². The summed E-state index contributed by atoms with van der Waals surface area (Å²) in [4.78, 5) is 12.1. The number of rotatable bonds is 9. The van der Waals surface area contributed by atoms with Crippen molar-refractivity contribution in [2.24, 2.45) is 0 Å². The molecular formula is C21H28N2O3. The molecule has 0 heterocycles.